The molecular weight excluding hydrogens is 405 g/mol. The van der Waals surface area contributed by atoms with E-state index in [0.29, 0.717) is 11.5 Å². The molecule has 6 nitrogen and oxygen atoms in total. The first kappa shape index (κ1) is 20.0. The molecular formula is C25H22FN5O. The van der Waals surface area contributed by atoms with Crippen molar-refractivity contribution in [2.24, 2.45) is 5.92 Å². The van der Waals surface area contributed by atoms with Gasteiger partial charge in [0.25, 0.3) is 5.91 Å². The van der Waals surface area contributed by atoms with E-state index >= 15 is 0 Å². The lowest BCUT2D eigenvalue weighted by atomic mass is 10.0. The van der Waals surface area contributed by atoms with Crippen LogP contribution in [0.25, 0.3) is 11.1 Å². The first-order valence-electron chi connectivity index (χ1n) is 10.6. The number of nitrogens with zero attached hydrogens (tertiary/aromatic N) is 3. The number of halogens is 1. The molecule has 2 aliphatic rings. The van der Waals surface area contributed by atoms with Crippen LogP contribution in [0.2, 0.25) is 0 Å². The van der Waals surface area contributed by atoms with E-state index in [2.05, 4.69) is 21.8 Å². The highest BCUT2D eigenvalue weighted by atomic mass is 19.1. The number of anilines is 2. The van der Waals surface area contributed by atoms with Gasteiger partial charge in [-0.2, -0.15) is 5.26 Å². The highest BCUT2D eigenvalue weighted by Crippen LogP contribution is 2.37. The normalized spacial score (nSPS) is 21.2. The summed E-state index contributed by atoms with van der Waals surface area (Å²) in [4.78, 5) is 18.8. The minimum Gasteiger partial charge on any atom is -0.354 e. The SMILES string of the molecule is N#CN1CC2CC(NC(=O)c3ccc(-c4ccncc4Nc4ccc(F)cc4)cc3)C1C2. The molecule has 3 atom stereocenters. The molecule has 3 aromatic rings. The van der Waals surface area contributed by atoms with Crippen molar-refractivity contribution in [3.63, 3.8) is 0 Å². The predicted molar refractivity (Wildman–Crippen MR) is 119 cm³/mol. The van der Waals surface area contributed by atoms with E-state index in [1.807, 2.05) is 30.3 Å². The zero-order chi connectivity index (χ0) is 22.1. The fourth-order valence-corrected chi connectivity index (χ4v) is 4.78. The zero-order valence-electron chi connectivity index (χ0n) is 17.3. The lowest BCUT2D eigenvalue weighted by molar-refractivity contribution is 0.0912. The maximum absolute atomic E-state index is 13.2. The number of carbonyl (C=O) groups excluding carboxylic acids is 1. The number of rotatable bonds is 5. The number of pyridine rings is 1. The first-order chi connectivity index (χ1) is 15.6. The topological polar surface area (TPSA) is 81.1 Å². The molecule has 1 saturated heterocycles. The Balaban J connectivity index is 1.30. The van der Waals surface area contributed by atoms with Crippen molar-refractivity contribution in [3.8, 4) is 17.3 Å². The van der Waals surface area contributed by atoms with Gasteiger partial charge in [0, 0.05) is 29.6 Å². The molecule has 0 spiro atoms. The predicted octanol–water partition coefficient (Wildman–Crippen LogP) is 4.30. The molecule has 1 aliphatic heterocycles. The minimum absolute atomic E-state index is 0.0206. The molecule has 1 saturated carbocycles. The Morgan fingerprint density at radius 1 is 1.09 bits per heavy atom. The molecule has 32 heavy (non-hydrogen) atoms. The van der Waals surface area contributed by atoms with Crippen LogP contribution < -0.4 is 10.6 Å². The van der Waals surface area contributed by atoms with E-state index in [1.54, 1.807) is 29.4 Å². The van der Waals surface area contributed by atoms with Gasteiger partial charge in [-0.25, -0.2) is 4.39 Å². The summed E-state index contributed by atoms with van der Waals surface area (Å²) >= 11 is 0. The average molecular weight is 427 g/mol. The van der Waals surface area contributed by atoms with Gasteiger partial charge in [-0.05, 0) is 66.8 Å². The second-order valence-corrected chi connectivity index (χ2v) is 8.37. The molecule has 1 aromatic heterocycles. The number of nitrogens with one attached hydrogen (secondary N) is 2. The summed E-state index contributed by atoms with van der Waals surface area (Å²) in [6, 6.07) is 15.6. The van der Waals surface area contributed by atoms with Crippen molar-refractivity contribution in [2.75, 3.05) is 11.9 Å². The van der Waals surface area contributed by atoms with Crippen LogP contribution in [0.4, 0.5) is 15.8 Å². The van der Waals surface area contributed by atoms with Crippen molar-refractivity contribution in [3.05, 3.63) is 78.4 Å². The number of carbonyl (C=O) groups is 1. The Morgan fingerprint density at radius 2 is 1.88 bits per heavy atom. The third-order valence-corrected chi connectivity index (χ3v) is 6.33. The zero-order valence-corrected chi connectivity index (χ0v) is 17.3. The van der Waals surface area contributed by atoms with Crippen LogP contribution in [-0.4, -0.2) is 34.4 Å². The summed E-state index contributed by atoms with van der Waals surface area (Å²) in [6.45, 7) is 0.808. The van der Waals surface area contributed by atoms with E-state index in [0.717, 1.165) is 41.9 Å². The number of piperidine rings is 1. The number of likely N-dealkylation sites (tertiary alicyclic amines) is 1. The van der Waals surface area contributed by atoms with E-state index < -0.39 is 0 Å². The quantitative estimate of drug-likeness (QED) is 0.593. The van der Waals surface area contributed by atoms with Gasteiger partial charge >= 0.3 is 0 Å². The van der Waals surface area contributed by atoms with E-state index in [-0.39, 0.29) is 23.8 Å². The number of hydrogen-bond donors (Lipinski definition) is 2. The molecule has 1 aliphatic carbocycles. The molecule has 2 N–H and O–H groups in total. The van der Waals surface area contributed by atoms with E-state index in [4.69, 9.17) is 0 Å². The van der Waals surface area contributed by atoms with Gasteiger partial charge in [0.15, 0.2) is 6.19 Å². The summed E-state index contributed by atoms with van der Waals surface area (Å²) in [5.74, 6) is 0.0824. The Labute approximate surface area is 185 Å². The number of amides is 1. The van der Waals surface area contributed by atoms with Crippen LogP contribution in [0.5, 0.6) is 0 Å². The van der Waals surface area contributed by atoms with Crippen molar-refractivity contribution in [1.82, 2.24) is 15.2 Å². The molecule has 3 unspecified atom stereocenters. The molecule has 2 fully saturated rings. The van der Waals surface area contributed by atoms with Crippen LogP contribution in [0.1, 0.15) is 23.2 Å². The number of benzene rings is 2. The minimum atomic E-state index is -0.290. The van der Waals surface area contributed by atoms with Crippen molar-refractivity contribution >= 4 is 17.3 Å². The summed E-state index contributed by atoms with van der Waals surface area (Å²) in [5.41, 5.74) is 3.99. The number of hydrogen-bond acceptors (Lipinski definition) is 5. The van der Waals surface area contributed by atoms with Crippen molar-refractivity contribution in [2.45, 2.75) is 24.9 Å². The van der Waals surface area contributed by atoms with Gasteiger partial charge in [0.05, 0.1) is 24.0 Å². The smallest absolute Gasteiger partial charge is 0.251 e. The molecule has 160 valence electrons. The maximum Gasteiger partial charge on any atom is 0.251 e. The monoisotopic (exact) mass is 427 g/mol. The lowest BCUT2D eigenvalue weighted by Crippen LogP contribution is -2.48. The molecule has 2 aromatic carbocycles. The molecule has 0 radical (unpaired) electrons. The lowest BCUT2D eigenvalue weighted by Gasteiger charge is -2.29. The standard InChI is InChI=1S/C25H22FN5O/c26-19-5-7-20(8-6-19)29-23-13-28-10-9-21(23)17-1-3-18(4-2-17)25(32)30-22-11-16-12-24(22)31(14-16)15-27/h1-10,13,16,22,24,29H,11-12,14H2,(H,30,32). The van der Waals surface area contributed by atoms with Crippen LogP contribution in [0, 0.1) is 23.2 Å². The Hall–Kier alpha value is -3.92. The maximum atomic E-state index is 13.2. The van der Waals surface area contributed by atoms with Gasteiger partial charge in [-0.1, -0.05) is 12.1 Å². The Kier molecular flexibility index (Phi) is 5.20. The summed E-state index contributed by atoms with van der Waals surface area (Å²) in [5, 5.41) is 15.6. The molecule has 5 rings (SSSR count). The highest BCUT2D eigenvalue weighted by molar-refractivity contribution is 5.95. The highest BCUT2D eigenvalue weighted by Gasteiger charge is 2.45. The second kappa shape index (κ2) is 8.31. The van der Waals surface area contributed by atoms with Crippen LogP contribution in [0.15, 0.2) is 67.0 Å². The molecule has 7 heteroatoms. The molecule has 2 heterocycles. The average Bonchev–Trinajstić information content (AvgIpc) is 3.41. The fourth-order valence-electron chi connectivity index (χ4n) is 4.78. The Morgan fingerprint density at radius 3 is 2.59 bits per heavy atom. The summed E-state index contributed by atoms with van der Waals surface area (Å²) < 4.78 is 13.2. The summed E-state index contributed by atoms with van der Waals surface area (Å²) in [7, 11) is 0. The number of aromatic nitrogens is 1. The third-order valence-electron chi connectivity index (χ3n) is 6.33. The van der Waals surface area contributed by atoms with Crippen LogP contribution in [-0.2, 0) is 0 Å². The third kappa shape index (κ3) is 3.87. The van der Waals surface area contributed by atoms with Gasteiger partial charge in [-0.3, -0.25) is 9.78 Å². The second-order valence-electron chi connectivity index (χ2n) is 8.37. The van der Waals surface area contributed by atoms with Gasteiger partial charge < -0.3 is 15.5 Å². The van der Waals surface area contributed by atoms with Crippen LogP contribution in [0.3, 0.4) is 0 Å². The largest absolute Gasteiger partial charge is 0.354 e. The number of fused-ring (bicyclic) bond motifs is 2. The van der Waals surface area contributed by atoms with Gasteiger partial charge in [-0.15, -0.1) is 0 Å². The first-order valence-corrected chi connectivity index (χ1v) is 10.6. The number of nitriles is 1. The van der Waals surface area contributed by atoms with Gasteiger partial charge in [0.2, 0.25) is 0 Å². The van der Waals surface area contributed by atoms with Crippen molar-refractivity contribution in [1.29, 1.82) is 5.26 Å². The molecule has 2 bridgehead atoms. The molecule has 1 amide bonds. The van der Waals surface area contributed by atoms with E-state index in [1.165, 1.54) is 12.1 Å². The fraction of sp³-hybridized carbons (Fsp3) is 0.240. The van der Waals surface area contributed by atoms with Crippen LogP contribution >= 0.6 is 0 Å². The van der Waals surface area contributed by atoms with Gasteiger partial charge in [0.1, 0.15) is 5.82 Å². The summed E-state index contributed by atoms with van der Waals surface area (Å²) in [6.07, 6.45) is 7.58. The van der Waals surface area contributed by atoms with Crippen molar-refractivity contribution < 1.29 is 9.18 Å². The Bertz CT molecular complexity index is 1170. The van der Waals surface area contributed by atoms with E-state index in [9.17, 15) is 14.4 Å².